The summed E-state index contributed by atoms with van der Waals surface area (Å²) < 4.78 is 37.4. The van der Waals surface area contributed by atoms with Crippen molar-refractivity contribution in [3.63, 3.8) is 0 Å². The molecule has 0 aliphatic rings. The predicted octanol–water partition coefficient (Wildman–Crippen LogP) is 4.43. The predicted molar refractivity (Wildman–Crippen MR) is 130 cm³/mol. The minimum absolute atomic E-state index is 0.0919. The molecule has 7 nitrogen and oxygen atoms in total. The average Bonchev–Trinajstić information content (AvgIpc) is 2.75. The van der Waals surface area contributed by atoms with Crippen LogP contribution in [0.1, 0.15) is 58.6 Å². The maximum absolute atomic E-state index is 13.2. The molecule has 0 fully saturated rings. The lowest BCUT2D eigenvalue weighted by Crippen LogP contribution is -2.33. The van der Waals surface area contributed by atoms with E-state index in [9.17, 15) is 8.42 Å². The van der Waals surface area contributed by atoms with Crippen LogP contribution in [0.3, 0.4) is 0 Å². The van der Waals surface area contributed by atoms with Crippen LogP contribution in [0.25, 0.3) is 0 Å². The number of allylic oxidation sites excluding steroid dienone is 1. The first kappa shape index (κ1) is 25.5. The molecule has 0 saturated heterocycles. The number of hydrogen-bond donors (Lipinski definition) is 2. The largest absolute Gasteiger partial charge is 0.496 e. The Morgan fingerprint density at radius 3 is 1.97 bits per heavy atom. The molecule has 32 heavy (non-hydrogen) atoms. The molecule has 0 aliphatic heterocycles. The van der Waals surface area contributed by atoms with Gasteiger partial charge in [-0.15, -0.1) is 0 Å². The van der Waals surface area contributed by atoms with Gasteiger partial charge in [0.15, 0.2) is 5.03 Å². The van der Waals surface area contributed by atoms with Crippen molar-refractivity contribution in [2.45, 2.75) is 57.8 Å². The summed E-state index contributed by atoms with van der Waals surface area (Å²) in [6.07, 6.45) is 0. The van der Waals surface area contributed by atoms with E-state index >= 15 is 0 Å². The smallest absolute Gasteiger partial charge is 0.223 e. The monoisotopic (exact) mass is 461 g/mol. The average molecular weight is 462 g/mol. The molecular formula is C24H35N3O4S. The summed E-state index contributed by atoms with van der Waals surface area (Å²) in [7, 11) is -0.849. The lowest BCUT2D eigenvalue weighted by atomic mass is 9.87. The molecule has 2 aromatic rings. The van der Waals surface area contributed by atoms with Crippen molar-refractivity contribution in [1.82, 2.24) is 0 Å². The molecule has 8 heteroatoms. The molecule has 176 valence electrons. The zero-order valence-electron chi connectivity index (χ0n) is 20.2. The van der Waals surface area contributed by atoms with E-state index in [4.69, 9.17) is 21.1 Å². The number of methoxy groups -OCH3 is 2. The summed E-state index contributed by atoms with van der Waals surface area (Å²) in [5.74, 6) is 7.61. The van der Waals surface area contributed by atoms with E-state index in [1.54, 1.807) is 44.4 Å². The van der Waals surface area contributed by atoms with Crippen LogP contribution in [-0.2, 0) is 15.3 Å². The Bertz CT molecular complexity index is 1100. The third kappa shape index (κ3) is 5.02. The Balaban J connectivity index is 2.54. The summed E-state index contributed by atoms with van der Waals surface area (Å²) in [5.41, 5.74) is 8.61. The molecule has 2 aromatic carbocycles. The van der Waals surface area contributed by atoms with Crippen LogP contribution >= 0.6 is 0 Å². The summed E-state index contributed by atoms with van der Waals surface area (Å²) in [5, 5.41) is 0.875. The van der Waals surface area contributed by atoms with Gasteiger partial charge in [-0.1, -0.05) is 46.8 Å². The van der Waals surface area contributed by atoms with Gasteiger partial charge in [0.25, 0.3) is 0 Å². The first-order valence-electron chi connectivity index (χ1n) is 10.4. The van der Waals surface area contributed by atoms with Crippen LogP contribution in [0.15, 0.2) is 52.0 Å². The Labute approximate surface area is 191 Å². The highest BCUT2D eigenvalue weighted by atomic mass is 32.2. The Kier molecular flexibility index (Phi) is 7.52. The van der Waals surface area contributed by atoms with Gasteiger partial charge in [-0.05, 0) is 42.0 Å². The van der Waals surface area contributed by atoms with Crippen LogP contribution < -0.4 is 26.1 Å². The van der Waals surface area contributed by atoms with Crippen LogP contribution in [0.4, 0.5) is 5.69 Å². The number of hydrogen-bond acceptors (Lipinski definition) is 7. The number of ether oxygens (including phenoxy) is 2. The van der Waals surface area contributed by atoms with Gasteiger partial charge in [0.2, 0.25) is 9.84 Å². The zero-order valence-corrected chi connectivity index (χ0v) is 21.0. The van der Waals surface area contributed by atoms with Crippen molar-refractivity contribution in [3.05, 3.63) is 58.3 Å². The Hall–Kier alpha value is -2.71. The Morgan fingerprint density at radius 2 is 1.53 bits per heavy atom. The van der Waals surface area contributed by atoms with E-state index in [-0.39, 0.29) is 27.0 Å². The van der Waals surface area contributed by atoms with Gasteiger partial charge in [0.1, 0.15) is 17.2 Å². The number of anilines is 1. The van der Waals surface area contributed by atoms with Crippen molar-refractivity contribution < 1.29 is 17.9 Å². The van der Waals surface area contributed by atoms with Gasteiger partial charge in [0, 0.05) is 11.6 Å². The molecule has 0 amide bonds. The number of rotatable bonds is 7. The topological polar surface area (TPSA) is 108 Å². The van der Waals surface area contributed by atoms with Crippen molar-refractivity contribution in [3.8, 4) is 11.5 Å². The minimum Gasteiger partial charge on any atom is -0.496 e. The first-order valence-corrected chi connectivity index (χ1v) is 11.9. The van der Waals surface area contributed by atoms with Gasteiger partial charge in [-0.3, -0.25) is 5.01 Å². The maximum atomic E-state index is 13.2. The molecule has 0 aliphatic carbocycles. The zero-order chi connectivity index (χ0) is 24.4. The van der Waals surface area contributed by atoms with Crippen molar-refractivity contribution in [1.29, 1.82) is 0 Å². The van der Waals surface area contributed by atoms with Crippen LogP contribution in [0, 0.1) is 0 Å². The third-order valence-corrected chi connectivity index (χ3v) is 7.22. The van der Waals surface area contributed by atoms with Crippen LogP contribution in [0.2, 0.25) is 0 Å². The van der Waals surface area contributed by atoms with E-state index in [2.05, 4.69) is 20.8 Å². The lowest BCUT2D eigenvalue weighted by molar-refractivity contribution is 0.397. The SMILES string of the molecule is COc1cc(N(N)/C(C)=C(\N)S(=O)(=O)c2ccc(C(C)(C)C)cc2)c(OC)cc1C(C)C. The van der Waals surface area contributed by atoms with E-state index in [0.29, 0.717) is 17.2 Å². The number of sulfone groups is 1. The lowest BCUT2D eigenvalue weighted by Gasteiger charge is -2.25. The summed E-state index contributed by atoms with van der Waals surface area (Å²) in [4.78, 5) is 0.107. The molecule has 0 spiro atoms. The molecule has 0 aromatic heterocycles. The standard InChI is InChI=1S/C24H35N3O4S/c1-15(2)19-13-22(31-8)20(14-21(19)30-7)27(26)16(3)23(25)32(28,29)18-11-9-17(10-12-18)24(4,5)6/h9-15H,25-26H2,1-8H3/b23-16+. The highest BCUT2D eigenvalue weighted by Gasteiger charge is 2.25. The fourth-order valence-electron chi connectivity index (χ4n) is 3.30. The Morgan fingerprint density at radius 1 is 1.00 bits per heavy atom. The van der Waals surface area contributed by atoms with Crippen molar-refractivity contribution in [2.75, 3.05) is 19.2 Å². The number of hydrazine groups is 1. The quantitative estimate of drug-likeness (QED) is 0.464. The summed E-state index contributed by atoms with van der Waals surface area (Å²) in [6, 6.07) is 10.3. The fourth-order valence-corrected chi connectivity index (χ4v) is 4.54. The van der Waals surface area contributed by atoms with Crippen LogP contribution in [0.5, 0.6) is 11.5 Å². The van der Waals surface area contributed by atoms with Gasteiger partial charge in [-0.25, -0.2) is 14.3 Å². The second kappa shape index (κ2) is 9.42. The number of nitrogens with two attached hydrogens (primary N) is 2. The minimum atomic E-state index is -3.95. The molecule has 0 radical (unpaired) electrons. The van der Waals surface area contributed by atoms with Gasteiger partial charge < -0.3 is 15.2 Å². The summed E-state index contributed by atoms with van der Waals surface area (Å²) in [6.45, 7) is 11.8. The van der Waals surface area contributed by atoms with E-state index in [0.717, 1.165) is 11.1 Å². The second-order valence-corrected chi connectivity index (χ2v) is 10.9. The maximum Gasteiger partial charge on any atom is 0.223 e. The van der Waals surface area contributed by atoms with E-state index < -0.39 is 9.84 Å². The molecular weight excluding hydrogens is 426 g/mol. The van der Waals surface area contributed by atoms with Gasteiger partial charge >= 0.3 is 0 Å². The van der Waals surface area contributed by atoms with Crippen LogP contribution in [-0.4, -0.2) is 22.6 Å². The second-order valence-electron chi connectivity index (χ2n) is 9.02. The molecule has 0 saturated carbocycles. The van der Waals surface area contributed by atoms with E-state index in [1.165, 1.54) is 12.1 Å². The molecule has 0 heterocycles. The van der Waals surface area contributed by atoms with Gasteiger partial charge in [0.05, 0.1) is 24.8 Å². The molecule has 0 bridgehead atoms. The highest BCUT2D eigenvalue weighted by molar-refractivity contribution is 7.95. The van der Waals surface area contributed by atoms with Crippen molar-refractivity contribution in [2.24, 2.45) is 11.6 Å². The van der Waals surface area contributed by atoms with Crippen molar-refractivity contribution >= 4 is 15.5 Å². The molecule has 0 atom stereocenters. The molecule has 2 rings (SSSR count). The highest BCUT2D eigenvalue weighted by Crippen LogP contribution is 2.39. The first-order chi connectivity index (χ1) is 14.7. The van der Waals surface area contributed by atoms with Gasteiger partial charge in [-0.2, -0.15) is 0 Å². The number of nitrogens with zero attached hydrogens (tertiary/aromatic N) is 1. The van der Waals surface area contributed by atoms with E-state index in [1.807, 2.05) is 19.9 Å². The molecule has 0 unspecified atom stereocenters. The molecule has 4 N–H and O–H groups in total. The fraction of sp³-hybridized carbons (Fsp3) is 0.417. The normalized spacial score (nSPS) is 13.1. The third-order valence-electron chi connectivity index (χ3n) is 5.45. The summed E-state index contributed by atoms with van der Waals surface area (Å²) >= 11 is 0. The number of benzene rings is 2.